The Morgan fingerprint density at radius 1 is 1.47 bits per heavy atom. The van der Waals surface area contributed by atoms with Crippen LogP contribution in [0.1, 0.15) is 20.8 Å². The van der Waals surface area contributed by atoms with Gasteiger partial charge in [-0.15, -0.1) is 0 Å². The topological polar surface area (TPSA) is 44.2 Å². The largest absolute Gasteiger partial charge is 0.478 e. The van der Waals surface area contributed by atoms with Crippen molar-refractivity contribution in [1.82, 2.24) is 9.97 Å². The Hall–Kier alpha value is -1.58. The SMILES string of the molecule is C=C(C)C(C)Oc1cc(OCC)ncn1. The van der Waals surface area contributed by atoms with E-state index in [1.165, 1.54) is 6.33 Å². The van der Waals surface area contributed by atoms with Gasteiger partial charge in [0.15, 0.2) is 0 Å². The van der Waals surface area contributed by atoms with Crippen LogP contribution in [0.25, 0.3) is 0 Å². The molecule has 0 aliphatic carbocycles. The van der Waals surface area contributed by atoms with Crippen LogP contribution >= 0.6 is 0 Å². The van der Waals surface area contributed by atoms with Crippen molar-refractivity contribution in [2.24, 2.45) is 0 Å². The van der Waals surface area contributed by atoms with E-state index in [2.05, 4.69) is 16.5 Å². The van der Waals surface area contributed by atoms with Crippen LogP contribution in [-0.4, -0.2) is 22.7 Å². The van der Waals surface area contributed by atoms with Crippen LogP contribution in [0.5, 0.6) is 11.8 Å². The van der Waals surface area contributed by atoms with E-state index in [4.69, 9.17) is 9.47 Å². The molecule has 4 heteroatoms. The standard InChI is InChI=1S/C11H16N2O2/c1-5-14-10-6-11(13-7-12-10)15-9(4)8(2)3/h6-7,9H,2,5H2,1,3-4H3. The minimum atomic E-state index is -0.0608. The predicted octanol–water partition coefficient (Wildman–Crippen LogP) is 2.22. The number of aromatic nitrogens is 2. The molecule has 15 heavy (non-hydrogen) atoms. The quantitative estimate of drug-likeness (QED) is 0.696. The van der Waals surface area contributed by atoms with Crippen molar-refractivity contribution in [1.29, 1.82) is 0 Å². The summed E-state index contributed by atoms with van der Waals surface area (Å²) in [7, 11) is 0. The predicted molar refractivity (Wildman–Crippen MR) is 58.1 cm³/mol. The number of ether oxygens (including phenoxy) is 2. The maximum Gasteiger partial charge on any atom is 0.220 e. The third-order valence-corrected chi connectivity index (χ3v) is 1.90. The van der Waals surface area contributed by atoms with Gasteiger partial charge in [-0.25, -0.2) is 9.97 Å². The van der Waals surface area contributed by atoms with Gasteiger partial charge < -0.3 is 9.47 Å². The highest BCUT2D eigenvalue weighted by atomic mass is 16.5. The van der Waals surface area contributed by atoms with Gasteiger partial charge in [0.2, 0.25) is 11.8 Å². The van der Waals surface area contributed by atoms with E-state index in [0.717, 1.165) is 5.57 Å². The molecule has 0 bridgehead atoms. The average molecular weight is 208 g/mol. The molecule has 0 N–H and O–H groups in total. The van der Waals surface area contributed by atoms with Crippen molar-refractivity contribution in [3.63, 3.8) is 0 Å². The molecule has 0 aliphatic rings. The molecule has 0 aromatic carbocycles. The van der Waals surface area contributed by atoms with E-state index in [1.807, 2.05) is 20.8 Å². The Balaban J connectivity index is 2.68. The van der Waals surface area contributed by atoms with Gasteiger partial charge in [-0.3, -0.25) is 0 Å². The van der Waals surface area contributed by atoms with Gasteiger partial charge in [-0.2, -0.15) is 0 Å². The summed E-state index contributed by atoms with van der Waals surface area (Å²) in [6.07, 6.45) is 1.36. The summed E-state index contributed by atoms with van der Waals surface area (Å²) in [6, 6.07) is 1.67. The Labute approximate surface area is 90.0 Å². The lowest BCUT2D eigenvalue weighted by Gasteiger charge is -2.13. The fraction of sp³-hybridized carbons (Fsp3) is 0.455. The van der Waals surface area contributed by atoms with Gasteiger partial charge >= 0.3 is 0 Å². The van der Waals surface area contributed by atoms with Crippen molar-refractivity contribution in [3.8, 4) is 11.8 Å². The smallest absolute Gasteiger partial charge is 0.220 e. The molecule has 0 spiro atoms. The van der Waals surface area contributed by atoms with Gasteiger partial charge in [0.1, 0.15) is 12.4 Å². The first-order valence-electron chi connectivity index (χ1n) is 4.90. The van der Waals surface area contributed by atoms with Crippen molar-refractivity contribution >= 4 is 0 Å². The van der Waals surface area contributed by atoms with Gasteiger partial charge in [0, 0.05) is 0 Å². The zero-order valence-corrected chi connectivity index (χ0v) is 9.36. The minimum Gasteiger partial charge on any atom is -0.478 e. The highest BCUT2D eigenvalue weighted by Gasteiger charge is 2.06. The fourth-order valence-corrected chi connectivity index (χ4v) is 0.896. The van der Waals surface area contributed by atoms with Crippen molar-refractivity contribution in [2.45, 2.75) is 26.9 Å². The van der Waals surface area contributed by atoms with E-state index in [0.29, 0.717) is 18.4 Å². The zero-order valence-electron chi connectivity index (χ0n) is 9.36. The van der Waals surface area contributed by atoms with Crippen molar-refractivity contribution in [3.05, 3.63) is 24.5 Å². The second-order valence-corrected chi connectivity index (χ2v) is 3.23. The molecule has 0 radical (unpaired) electrons. The monoisotopic (exact) mass is 208 g/mol. The van der Waals surface area contributed by atoms with Crippen LogP contribution in [0.3, 0.4) is 0 Å². The Morgan fingerprint density at radius 2 is 2.13 bits per heavy atom. The first-order valence-corrected chi connectivity index (χ1v) is 4.90. The van der Waals surface area contributed by atoms with Crippen LogP contribution in [0, 0.1) is 0 Å². The van der Waals surface area contributed by atoms with E-state index >= 15 is 0 Å². The molecule has 4 nitrogen and oxygen atoms in total. The molecular weight excluding hydrogens is 192 g/mol. The molecule has 0 saturated heterocycles. The molecule has 0 saturated carbocycles. The van der Waals surface area contributed by atoms with Crippen LogP contribution in [0.4, 0.5) is 0 Å². The lowest BCUT2D eigenvalue weighted by molar-refractivity contribution is 0.243. The normalized spacial score (nSPS) is 11.9. The van der Waals surface area contributed by atoms with E-state index < -0.39 is 0 Å². The summed E-state index contributed by atoms with van der Waals surface area (Å²) >= 11 is 0. The summed E-state index contributed by atoms with van der Waals surface area (Å²) in [5.74, 6) is 1.03. The molecule has 1 aromatic heterocycles. The molecule has 1 rings (SSSR count). The molecule has 82 valence electrons. The van der Waals surface area contributed by atoms with E-state index in [1.54, 1.807) is 6.07 Å². The summed E-state index contributed by atoms with van der Waals surface area (Å²) in [5, 5.41) is 0. The number of rotatable bonds is 5. The third kappa shape index (κ3) is 3.58. The highest BCUT2D eigenvalue weighted by molar-refractivity contribution is 5.19. The summed E-state index contributed by atoms with van der Waals surface area (Å²) < 4.78 is 10.8. The second-order valence-electron chi connectivity index (χ2n) is 3.23. The molecule has 0 fully saturated rings. The lowest BCUT2D eigenvalue weighted by atomic mass is 10.2. The van der Waals surface area contributed by atoms with Crippen molar-refractivity contribution < 1.29 is 9.47 Å². The molecule has 1 atom stereocenters. The number of hydrogen-bond acceptors (Lipinski definition) is 4. The summed E-state index contributed by atoms with van der Waals surface area (Å²) in [4.78, 5) is 7.94. The van der Waals surface area contributed by atoms with Gasteiger partial charge in [-0.1, -0.05) is 6.58 Å². The first kappa shape index (κ1) is 11.5. The zero-order chi connectivity index (χ0) is 11.3. The summed E-state index contributed by atoms with van der Waals surface area (Å²) in [6.45, 7) is 10.1. The molecule has 0 aliphatic heterocycles. The maximum absolute atomic E-state index is 5.53. The third-order valence-electron chi connectivity index (χ3n) is 1.90. The molecule has 0 amide bonds. The highest BCUT2D eigenvalue weighted by Crippen LogP contribution is 2.16. The van der Waals surface area contributed by atoms with Gasteiger partial charge in [-0.05, 0) is 26.3 Å². The average Bonchev–Trinajstić information content (AvgIpc) is 2.18. The van der Waals surface area contributed by atoms with Gasteiger partial charge in [0.05, 0.1) is 12.7 Å². The van der Waals surface area contributed by atoms with Crippen LogP contribution in [0.2, 0.25) is 0 Å². The molecule has 1 heterocycles. The van der Waals surface area contributed by atoms with Gasteiger partial charge in [0.25, 0.3) is 0 Å². The maximum atomic E-state index is 5.53. The number of nitrogens with zero attached hydrogens (tertiary/aromatic N) is 2. The number of hydrogen-bond donors (Lipinski definition) is 0. The Morgan fingerprint density at radius 3 is 2.73 bits per heavy atom. The fourth-order valence-electron chi connectivity index (χ4n) is 0.896. The van der Waals surface area contributed by atoms with Crippen LogP contribution < -0.4 is 9.47 Å². The van der Waals surface area contributed by atoms with Crippen LogP contribution in [-0.2, 0) is 0 Å². The Kier molecular flexibility index (Phi) is 4.09. The molecule has 1 unspecified atom stereocenters. The van der Waals surface area contributed by atoms with Crippen LogP contribution in [0.15, 0.2) is 24.5 Å². The lowest BCUT2D eigenvalue weighted by Crippen LogP contribution is -2.13. The van der Waals surface area contributed by atoms with E-state index in [-0.39, 0.29) is 6.10 Å². The molecule has 1 aromatic rings. The second kappa shape index (κ2) is 5.34. The minimum absolute atomic E-state index is 0.0608. The summed E-state index contributed by atoms with van der Waals surface area (Å²) in [5.41, 5.74) is 0.951. The Bertz CT molecular complexity index is 339. The molecular formula is C11H16N2O2. The first-order chi connectivity index (χ1) is 7.13. The van der Waals surface area contributed by atoms with E-state index in [9.17, 15) is 0 Å². The van der Waals surface area contributed by atoms with Crippen molar-refractivity contribution in [2.75, 3.05) is 6.61 Å².